The van der Waals surface area contributed by atoms with E-state index in [1.54, 1.807) is 13.3 Å². The molecule has 1 aliphatic heterocycles. The number of aromatic nitrogens is 3. The fraction of sp³-hybridized carbons (Fsp3) is 0.364. The van der Waals surface area contributed by atoms with Crippen LogP contribution in [0.4, 0.5) is 4.79 Å². The van der Waals surface area contributed by atoms with E-state index in [4.69, 9.17) is 9.26 Å². The third-order valence-corrected chi connectivity index (χ3v) is 5.23. The number of carbonyl (C=O) groups excluding carboxylic acids is 1. The molecule has 1 unspecified atom stereocenters. The van der Waals surface area contributed by atoms with Crippen molar-refractivity contribution in [2.45, 2.75) is 25.8 Å². The summed E-state index contributed by atoms with van der Waals surface area (Å²) in [7, 11) is 1.64. The Labute approximate surface area is 175 Å². The molecule has 0 bridgehead atoms. The first kappa shape index (κ1) is 19.9. The number of ether oxygens (including phenoxy) is 1. The molecule has 1 aromatic carbocycles. The fourth-order valence-corrected chi connectivity index (χ4v) is 3.64. The number of urea groups is 1. The van der Waals surface area contributed by atoms with Crippen LogP contribution in [-0.2, 0) is 13.0 Å². The molecule has 8 nitrogen and oxygen atoms in total. The van der Waals surface area contributed by atoms with Crippen molar-refractivity contribution in [1.82, 2.24) is 25.3 Å². The lowest BCUT2D eigenvalue weighted by Crippen LogP contribution is -2.45. The van der Waals surface area contributed by atoms with Gasteiger partial charge in [-0.05, 0) is 48.6 Å². The van der Waals surface area contributed by atoms with Gasteiger partial charge in [0.2, 0.25) is 0 Å². The van der Waals surface area contributed by atoms with Crippen LogP contribution in [0.5, 0.6) is 5.75 Å². The SMILES string of the molecule is COc1ccc(CNC(=O)N2CCCC(Cc3noc(-c4ccccn4)n3)C2)cc1. The van der Waals surface area contributed by atoms with Gasteiger partial charge in [-0.1, -0.05) is 23.4 Å². The summed E-state index contributed by atoms with van der Waals surface area (Å²) in [6, 6.07) is 13.2. The molecular weight excluding hydrogens is 382 g/mol. The van der Waals surface area contributed by atoms with Gasteiger partial charge in [0.15, 0.2) is 5.82 Å². The Morgan fingerprint density at radius 2 is 2.13 bits per heavy atom. The maximum absolute atomic E-state index is 12.6. The van der Waals surface area contributed by atoms with E-state index in [1.807, 2.05) is 47.4 Å². The van der Waals surface area contributed by atoms with Gasteiger partial charge in [0.05, 0.1) is 7.11 Å². The minimum Gasteiger partial charge on any atom is -0.497 e. The molecule has 1 aliphatic rings. The van der Waals surface area contributed by atoms with Crippen LogP contribution >= 0.6 is 0 Å². The lowest BCUT2D eigenvalue weighted by Gasteiger charge is -2.32. The molecule has 0 saturated carbocycles. The number of piperidine rings is 1. The van der Waals surface area contributed by atoms with Crippen LogP contribution in [0.1, 0.15) is 24.2 Å². The third-order valence-electron chi connectivity index (χ3n) is 5.23. The van der Waals surface area contributed by atoms with E-state index in [0.29, 0.717) is 42.8 Å². The highest BCUT2D eigenvalue weighted by atomic mass is 16.5. The van der Waals surface area contributed by atoms with E-state index in [1.165, 1.54) is 0 Å². The first-order valence-electron chi connectivity index (χ1n) is 10.1. The average molecular weight is 407 g/mol. The maximum atomic E-state index is 12.6. The zero-order chi connectivity index (χ0) is 20.8. The van der Waals surface area contributed by atoms with Crippen molar-refractivity contribution >= 4 is 6.03 Å². The third kappa shape index (κ3) is 4.94. The van der Waals surface area contributed by atoms with Crippen molar-refractivity contribution in [3.05, 3.63) is 60.0 Å². The molecule has 30 heavy (non-hydrogen) atoms. The molecule has 0 spiro atoms. The summed E-state index contributed by atoms with van der Waals surface area (Å²) in [5.74, 6) is 2.19. The summed E-state index contributed by atoms with van der Waals surface area (Å²) in [6.45, 7) is 1.93. The normalized spacial score (nSPS) is 16.3. The van der Waals surface area contributed by atoms with E-state index in [0.717, 1.165) is 30.7 Å². The quantitative estimate of drug-likeness (QED) is 0.674. The summed E-state index contributed by atoms with van der Waals surface area (Å²) in [5.41, 5.74) is 1.70. The van der Waals surface area contributed by atoms with E-state index < -0.39 is 0 Å². The van der Waals surface area contributed by atoms with Crippen LogP contribution in [0.25, 0.3) is 11.6 Å². The van der Waals surface area contributed by atoms with Crippen molar-refractivity contribution in [2.75, 3.05) is 20.2 Å². The summed E-state index contributed by atoms with van der Waals surface area (Å²) in [6.07, 6.45) is 4.38. The van der Waals surface area contributed by atoms with Crippen LogP contribution in [0.2, 0.25) is 0 Å². The highest BCUT2D eigenvalue weighted by Gasteiger charge is 2.25. The number of likely N-dealkylation sites (tertiary alicyclic amines) is 1. The van der Waals surface area contributed by atoms with Crippen molar-refractivity contribution in [3.8, 4) is 17.3 Å². The highest BCUT2D eigenvalue weighted by molar-refractivity contribution is 5.74. The lowest BCUT2D eigenvalue weighted by atomic mass is 9.95. The van der Waals surface area contributed by atoms with Crippen molar-refractivity contribution in [3.63, 3.8) is 0 Å². The Morgan fingerprint density at radius 1 is 1.27 bits per heavy atom. The number of amides is 2. The summed E-state index contributed by atoms with van der Waals surface area (Å²) < 4.78 is 10.5. The standard InChI is InChI=1S/C22H25N5O3/c1-29-18-9-7-16(8-10-18)14-24-22(28)27-12-4-5-17(15-27)13-20-25-21(30-26-20)19-6-2-3-11-23-19/h2-3,6-11,17H,4-5,12-15H2,1H3,(H,24,28). The molecule has 4 rings (SSSR count). The molecular formula is C22H25N5O3. The molecule has 0 aliphatic carbocycles. The summed E-state index contributed by atoms with van der Waals surface area (Å²) in [5, 5.41) is 7.10. The van der Waals surface area contributed by atoms with Gasteiger partial charge >= 0.3 is 6.03 Å². The van der Waals surface area contributed by atoms with Crippen LogP contribution in [0.3, 0.4) is 0 Å². The minimum atomic E-state index is -0.0437. The Hall–Kier alpha value is -3.42. The Kier molecular flexibility index (Phi) is 6.22. The second-order valence-corrected chi connectivity index (χ2v) is 7.40. The molecule has 3 aromatic rings. The molecule has 3 heterocycles. The largest absolute Gasteiger partial charge is 0.497 e. The van der Waals surface area contributed by atoms with Gasteiger partial charge in [-0.2, -0.15) is 4.98 Å². The number of benzene rings is 1. The van der Waals surface area contributed by atoms with Gasteiger partial charge < -0.3 is 19.5 Å². The molecule has 1 N–H and O–H groups in total. The zero-order valence-electron chi connectivity index (χ0n) is 17.0. The Morgan fingerprint density at radius 3 is 2.90 bits per heavy atom. The molecule has 1 atom stereocenters. The zero-order valence-corrected chi connectivity index (χ0v) is 17.0. The fourth-order valence-electron chi connectivity index (χ4n) is 3.64. The van der Waals surface area contributed by atoms with Crippen molar-refractivity contribution in [1.29, 1.82) is 0 Å². The highest BCUT2D eigenvalue weighted by Crippen LogP contribution is 2.21. The van der Waals surface area contributed by atoms with E-state index in [9.17, 15) is 4.79 Å². The van der Waals surface area contributed by atoms with Crippen LogP contribution in [0, 0.1) is 5.92 Å². The molecule has 1 saturated heterocycles. The van der Waals surface area contributed by atoms with Crippen LogP contribution in [-0.4, -0.2) is 46.3 Å². The van der Waals surface area contributed by atoms with Gasteiger partial charge in [0.25, 0.3) is 5.89 Å². The summed E-state index contributed by atoms with van der Waals surface area (Å²) >= 11 is 0. The van der Waals surface area contributed by atoms with Gasteiger partial charge in [-0.3, -0.25) is 4.98 Å². The van der Waals surface area contributed by atoms with Gasteiger partial charge in [-0.15, -0.1) is 0 Å². The number of rotatable bonds is 6. The van der Waals surface area contributed by atoms with Crippen LogP contribution < -0.4 is 10.1 Å². The molecule has 0 radical (unpaired) electrons. The number of hydrogen-bond acceptors (Lipinski definition) is 6. The topological polar surface area (TPSA) is 93.4 Å². The number of nitrogens with one attached hydrogen (secondary N) is 1. The number of pyridine rings is 1. The lowest BCUT2D eigenvalue weighted by molar-refractivity contribution is 0.164. The second-order valence-electron chi connectivity index (χ2n) is 7.40. The smallest absolute Gasteiger partial charge is 0.317 e. The average Bonchev–Trinajstić information content (AvgIpc) is 3.27. The summed E-state index contributed by atoms with van der Waals surface area (Å²) in [4.78, 5) is 23.2. The Bertz CT molecular complexity index is 958. The number of methoxy groups -OCH3 is 1. The molecule has 2 aromatic heterocycles. The first-order chi connectivity index (χ1) is 14.7. The Balaban J connectivity index is 1.29. The van der Waals surface area contributed by atoms with Gasteiger partial charge in [-0.25, -0.2) is 4.79 Å². The van der Waals surface area contributed by atoms with E-state index in [-0.39, 0.29) is 6.03 Å². The van der Waals surface area contributed by atoms with Crippen molar-refractivity contribution < 1.29 is 14.1 Å². The predicted octanol–water partition coefficient (Wildman–Crippen LogP) is 3.30. The molecule has 2 amide bonds. The monoisotopic (exact) mass is 407 g/mol. The van der Waals surface area contributed by atoms with Gasteiger partial charge in [0.1, 0.15) is 11.4 Å². The number of nitrogens with zero attached hydrogens (tertiary/aromatic N) is 4. The first-order valence-corrected chi connectivity index (χ1v) is 10.1. The van der Waals surface area contributed by atoms with Gasteiger partial charge in [0, 0.05) is 32.3 Å². The maximum Gasteiger partial charge on any atom is 0.317 e. The molecule has 1 fully saturated rings. The molecule has 8 heteroatoms. The van der Waals surface area contributed by atoms with E-state index >= 15 is 0 Å². The minimum absolute atomic E-state index is 0.0437. The number of carbonyl (C=O) groups is 1. The second kappa shape index (κ2) is 9.39. The van der Waals surface area contributed by atoms with Crippen LogP contribution in [0.15, 0.2) is 53.2 Å². The predicted molar refractivity (Wildman–Crippen MR) is 111 cm³/mol. The van der Waals surface area contributed by atoms with Crippen molar-refractivity contribution in [2.24, 2.45) is 5.92 Å². The number of hydrogen-bond donors (Lipinski definition) is 1. The van der Waals surface area contributed by atoms with E-state index in [2.05, 4.69) is 20.4 Å². The molecule has 156 valence electrons.